The minimum Gasteiger partial charge on any atom is -0.335 e. The van der Waals surface area contributed by atoms with E-state index in [2.05, 4.69) is 17.2 Å². The third-order valence-electron chi connectivity index (χ3n) is 3.53. The Balaban J connectivity index is 1.77. The summed E-state index contributed by atoms with van der Waals surface area (Å²) < 4.78 is 0. The molecule has 1 aliphatic carbocycles. The smallest absolute Gasteiger partial charge is 0.317 e. The van der Waals surface area contributed by atoms with Crippen LogP contribution in [0, 0.1) is 6.92 Å². The Kier molecular flexibility index (Phi) is 5.72. The average molecular weight is 313 g/mol. The zero-order chi connectivity index (χ0) is 14.5. The maximum atomic E-state index is 12.2. The molecule has 1 aromatic rings. The van der Waals surface area contributed by atoms with E-state index in [0.717, 1.165) is 34.5 Å². The highest BCUT2D eigenvalue weighted by Gasteiger charge is 2.26. The molecule has 2 atom stereocenters. The third-order valence-corrected chi connectivity index (χ3v) is 5.58. The molecule has 1 aliphatic rings. The van der Waals surface area contributed by atoms with Crippen LogP contribution in [0.15, 0.2) is 5.38 Å². The van der Waals surface area contributed by atoms with Gasteiger partial charge >= 0.3 is 6.03 Å². The number of nitrogens with zero attached hydrogens (tertiary/aromatic N) is 2. The first-order valence-corrected chi connectivity index (χ1v) is 9.05. The molecule has 0 spiro atoms. The highest BCUT2D eigenvalue weighted by atomic mass is 32.2. The van der Waals surface area contributed by atoms with Crippen LogP contribution in [0.25, 0.3) is 0 Å². The summed E-state index contributed by atoms with van der Waals surface area (Å²) in [7, 11) is 1.83. The summed E-state index contributed by atoms with van der Waals surface area (Å²) >= 11 is 3.63. The van der Waals surface area contributed by atoms with E-state index in [0.29, 0.717) is 12.6 Å². The number of thioether (sulfide) groups is 1. The predicted octanol–water partition coefficient (Wildman–Crippen LogP) is 3.27. The molecule has 1 aromatic heterocycles. The van der Waals surface area contributed by atoms with E-state index in [1.807, 2.05) is 31.1 Å². The Morgan fingerprint density at radius 2 is 2.40 bits per heavy atom. The zero-order valence-corrected chi connectivity index (χ0v) is 14.0. The first-order chi connectivity index (χ1) is 9.58. The van der Waals surface area contributed by atoms with Gasteiger partial charge in [0.2, 0.25) is 0 Å². The fourth-order valence-corrected chi connectivity index (χ4v) is 4.29. The molecular formula is C14H23N3OS2. The second-order valence-electron chi connectivity index (χ2n) is 5.25. The average Bonchev–Trinajstić information content (AvgIpc) is 2.99. The lowest BCUT2D eigenvalue weighted by atomic mass is 10.2. The molecule has 20 heavy (non-hydrogen) atoms. The molecular weight excluding hydrogens is 290 g/mol. The van der Waals surface area contributed by atoms with E-state index in [4.69, 9.17) is 0 Å². The molecule has 0 bridgehead atoms. The van der Waals surface area contributed by atoms with Gasteiger partial charge < -0.3 is 10.2 Å². The molecule has 0 aromatic carbocycles. The first kappa shape index (κ1) is 15.6. The number of carbonyl (C=O) groups excluding carboxylic acids is 1. The van der Waals surface area contributed by atoms with E-state index in [1.165, 1.54) is 6.42 Å². The largest absolute Gasteiger partial charge is 0.335 e. The van der Waals surface area contributed by atoms with Crippen molar-refractivity contribution in [2.45, 2.75) is 50.9 Å². The van der Waals surface area contributed by atoms with Gasteiger partial charge in [-0.25, -0.2) is 9.78 Å². The van der Waals surface area contributed by atoms with Crippen molar-refractivity contribution in [3.05, 3.63) is 16.1 Å². The molecule has 112 valence electrons. The minimum atomic E-state index is 0.0165. The number of nitrogens with one attached hydrogen (secondary N) is 1. The van der Waals surface area contributed by atoms with Crippen LogP contribution in [0.1, 0.15) is 36.9 Å². The van der Waals surface area contributed by atoms with Crippen LogP contribution in [0.4, 0.5) is 4.79 Å². The van der Waals surface area contributed by atoms with Crippen molar-refractivity contribution in [3.63, 3.8) is 0 Å². The molecule has 4 nitrogen and oxygen atoms in total. The number of aryl methyl sites for hydroxylation is 1. The van der Waals surface area contributed by atoms with Crippen LogP contribution < -0.4 is 5.32 Å². The van der Waals surface area contributed by atoms with Gasteiger partial charge in [0.05, 0.1) is 17.2 Å². The van der Waals surface area contributed by atoms with E-state index in [9.17, 15) is 4.79 Å². The van der Waals surface area contributed by atoms with Crippen LogP contribution >= 0.6 is 23.1 Å². The Morgan fingerprint density at radius 3 is 3.05 bits per heavy atom. The van der Waals surface area contributed by atoms with Gasteiger partial charge in [0.25, 0.3) is 0 Å². The Hall–Kier alpha value is -0.750. The van der Waals surface area contributed by atoms with Crippen LogP contribution in [-0.2, 0) is 6.54 Å². The van der Waals surface area contributed by atoms with Gasteiger partial charge in [0, 0.05) is 23.7 Å². The molecule has 2 unspecified atom stereocenters. The quantitative estimate of drug-likeness (QED) is 0.907. The van der Waals surface area contributed by atoms with Gasteiger partial charge in [-0.2, -0.15) is 11.8 Å². The van der Waals surface area contributed by atoms with Crippen molar-refractivity contribution in [3.8, 4) is 0 Å². The van der Waals surface area contributed by atoms with Gasteiger partial charge in [-0.15, -0.1) is 11.3 Å². The molecule has 6 heteroatoms. The fraction of sp³-hybridized carbons (Fsp3) is 0.714. The monoisotopic (exact) mass is 313 g/mol. The topological polar surface area (TPSA) is 45.2 Å². The lowest BCUT2D eigenvalue weighted by Gasteiger charge is -2.20. The molecule has 2 amide bonds. The number of carbonyl (C=O) groups is 1. The molecule has 1 saturated carbocycles. The number of thiazole rings is 1. The summed E-state index contributed by atoms with van der Waals surface area (Å²) in [6.07, 6.45) is 3.43. The van der Waals surface area contributed by atoms with Crippen LogP contribution in [0.3, 0.4) is 0 Å². The lowest BCUT2D eigenvalue weighted by Crippen LogP contribution is -2.41. The maximum absolute atomic E-state index is 12.2. The standard InChI is InChI=1S/C14H23N3OS2/c1-4-19-13-6-5-11(7-13)16-14(18)17(3)8-12-9-20-10(2)15-12/h9,11,13H,4-8H2,1-3H3,(H,16,18). The normalized spacial score (nSPS) is 21.9. The summed E-state index contributed by atoms with van der Waals surface area (Å²) in [5, 5.41) is 6.92. The summed E-state index contributed by atoms with van der Waals surface area (Å²) in [5.41, 5.74) is 0.969. The Morgan fingerprint density at radius 1 is 1.60 bits per heavy atom. The lowest BCUT2D eigenvalue weighted by molar-refractivity contribution is 0.202. The Bertz CT molecular complexity index is 449. The predicted molar refractivity (Wildman–Crippen MR) is 86.4 cm³/mol. The summed E-state index contributed by atoms with van der Waals surface area (Å²) in [6, 6.07) is 0.356. The maximum Gasteiger partial charge on any atom is 0.317 e. The highest BCUT2D eigenvalue weighted by molar-refractivity contribution is 7.99. The van der Waals surface area contributed by atoms with E-state index in [-0.39, 0.29) is 6.03 Å². The third kappa shape index (κ3) is 4.38. The number of urea groups is 1. The van der Waals surface area contributed by atoms with E-state index < -0.39 is 0 Å². The molecule has 2 rings (SSSR count). The van der Waals surface area contributed by atoms with Crippen molar-refractivity contribution in [2.75, 3.05) is 12.8 Å². The SMILES string of the molecule is CCSC1CCC(NC(=O)N(C)Cc2csc(C)n2)C1. The number of hydrogen-bond donors (Lipinski definition) is 1. The molecule has 1 N–H and O–H groups in total. The highest BCUT2D eigenvalue weighted by Crippen LogP contribution is 2.29. The van der Waals surface area contributed by atoms with Gasteiger partial charge in [-0.05, 0) is 31.9 Å². The fourth-order valence-electron chi connectivity index (χ4n) is 2.54. The van der Waals surface area contributed by atoms with Gasteiger partial charge in [0.15, 0.2) is 0 Å². The van der Waals surface area contributed by atoms with Gasteiger partial charge in [-0.3, -0.25) is 0 Å². The Labute approximate surface area is 129 Å². The number of hydrogen-bond acceptors (Lipinski definition) is 4. The van der Waals surface area contributed by atoms with Crippen molar-refractivity contribution < 1.29 is 4.79 Å². The number of rotatable bonds is 5. The number of amides is 2. The van der Waals surface area contributed by atoms with E-state index >= 15 is 0 Å². The van der Waals surface area contributed by atoms with E-state index in [1.54, 1.807) is 16.2 Å². The van der Waals surface area contributed by atoms with Gasteiger partial charge in [0.1, 0.15) is 0 Å². The van der Waals surface area contributed by atoms with Crippen LogP contribution in [0.2, 0.25) is 0 Å². The zero-order valence-electron chi connectivity index (χ0n) is 12.4. The minimum absolute atomic E-state index is 0.0165. The summed E-state index contributed by atoms with van der Waals surface area (Å²) in [4.78, 5) is 18.3. The summed E-state index contributed by atoms with van der Waals surface area (Å²) in [6.45, 7) is 4.76. The molecule has 1 fully saturated rings. The summed E-state index contributed by atoms with van der Waals surface area (Å²) in [5.74, 6) is 1.16. The second-order valence-corrected chi connectivity index (χ2v) is 7.89. The van der Waals surface area contributed by atoms with Crippen LogP contribution in [0.5, 0.6) is 0 Å². The van der Waals surface area contributed by atoms with Crippen molar-refractivity contribution in [1.82, 2.24) is 15.2 Å². The van der Waals surface area contributed by atoms with Crippen LogP contribution in [-0.4, -0.2) is 40.0 Å². The van der Waals surface area contributed by atoms with Crippen molar-refractivity contribution in [1.29, 1.82) is 0 Å². The number of aromatic nitrogens is 1. The van der Waals surface area contributed by atoms with Gasteiger partial charge in [-0.1, -0.05) is 6.92 Å². The van der Waals surface area contributed by atoms with Crippen molar-refractivity contribution in [2.24, 2.45) is 0 Å². The molecule has 0 radical (unpaired) electrons. The second kappa shape index (κ2) is 7.31. The molecule has 0 aliphatic heterocycles. The molecule has 0 saturated heterocycles. The molecule has 1 heterocycles. The van der Waals surface area contributed by atoms with Crippen molar-refractivity contribution >= 4 is 29.1 Å². The first-order valence-electron chi connectivity index (χ1n) is 7.12.